The molecule has 2 aliphatic heterocycles. The molecule has 0 aromatic heterocycles. The molecule has 0 aliphatic carbocycles. The van der Waals surface area contributed by atoms with E-state index in [2.05, 4.69) is 5.32 Å². The zero-order valence-electron chi connectivity index (χ0n) is 5.96. The van der Waals surface area contributed by atoms with Crippen molar-refractivity contribution in [1.29, 1.82) is 0 Å². The molecule has 0 atom stereocenters. The van der Waals surface area contributed by atoms with Crippen LogP contribution in [-0.4, -0.2) is 38.8 Å². The first-order valence-electron chi connectivity index (χ1n) is 3.49. The van der Waals surface area contributed by atoms with E-state index in [1.54, 1.807) is 0 Å². The van der Waals surface area contributed by atoms with Gasteiger partial charge < -0.3 is 5.32 Å². The number of ketones is 1. The second kappa shape index (κ2) is 1.84. The van der Waals surface area contributed by atoms with Crippen molar-refractivity contribution < 1.29 is 13.2 Å². The van der Waals surface area contributed by atoms with Gasteiger partial charge in [-0.2, -0.15) is 0 Å². The summed E-state index contributed by atoms with van der Waals surface area (Å²) in [6.45, 7) is 1.09. The molecule has 0 bridgehead atoms. The molecule has 5 heteroatoms. The number of carbonyl (C=O) groups is 1. The summed E-state index contributed by atoms with van der Waals surface area (Å²) >= 11 is 0. The summed E-state index contributed by atoms with van der Waals surface area (Å²) in [7, 11) is -3.05. The lowest BCUT2D eigenvalue weighted by Gasteiger charge is -2.35. The molecule has 0 aromatic rings. The van der Waals surface area contributed by atoms with Crippen LogP contribution in [-0.2, 0) is 14.6 Å². The van der Waals surface area contributed by atoms with Gasteiger partial charge in [0.05, 0.1) is 11.2 Å². The lowest BCUT2D eigenvalue weighted by Crippen LogP contribution is -2.58. The van der Waals surface area contributed by atoms with Crippen LogP contribution in [0.3, 0.4) is 0 Å². The Labute approximate surface area is 64.9 Å². The van der Waals surface area contributed by atoms with Crippen molar-refractivity contribution >= 4 is 15.6 Å². The molecule has 1 spiro atoms. The first-order valence-corrected chi connectivity index (χ1v) is 5.31. The molecule has 2 rings (SSSR count). The van der Waals surface area contributed by atoms with Gasteiger partial charge >= 0.3 is 0 Å². The van der Waals surface area contributed by atoms with Gasteiger partial charge in [-0.1, -0.05) is 0 Å². The van der Waals surface area contributed by atoms with Crippen molar-refractivity contribution in [3.63, 3.8) is 0 Å². The Bertz CT molecular complexity index is 302. The minimum Gasteiger partial charge on any atom is -0.315 e. The number of rotatable bonds is 0. The van der Waals surface area contributed by atoms with Crippen LogP contribution < -0.4 is 5.32 Å². The minimum absolute atomic E-state index is 0.0613. The molecule has 1 N–H and O–H groups in total. The van der Waals surface area contributed by atoms with E-state index in [1.165, 1.54) is 0 Å². The van der Waals surface area contributed by atoms with Gasteiger partial charge in [-0.25, -0.2) is 8.42 Å². The third-order valence-corrected chi connectivity index (χ3v) is 4.06. The van der Waals surface area contributed by atoms with Crippen molar-refractivity contribution in [3.05, 3.63) is 0 Å². The van der Waals surface area contributed by atoms with Gasteiger partial charge in [-0.3, -0.25) is 4.79 Å². The summed E-state index contributed by atoms with van der Waals surface area (Å²) < 4.78 is 22.0. The van der Waals surface area contributed by atoms with E-state index in [1.807, 2.05) is 0 Å². The molecular formula is C6H9NO3S. The van der Waals surface area contributed by atoms with Gasteiger partial charge in [-0.05, 0) is 0 Å². The molecular weight excluding hydrogens is 166 g/mol. The fourth-order valence-electron chi connectivity index (χ4n) is 1.63. The van der Waals surface area contributed by atoms with Crippen molar-refractivity contribution in [1.82, 2.24) is 5.32 Å². The Balaban J connectivity index is 2.34. The molecule has 0 aromatic carbocycles. The maximum atomic E-state index is 11.2. The van der Waals surface area contributed by atoms with Crippen LogP contribution in [0.1, 0.15) is 0 Å². The summed E-state index contributed by atoms with van der Waals surface area (Å²) in [6, 6.07) is 0. The number of carbonyl (C=O) groups excluding carboxylic acids is 1. The summed E-state index contributed by atoms with van der Waals surface area (Å²) in [5.41, 5.74) is -0.529. The van der Waals surface area contributed by atoms with Gasteiger partial charge in [0.25, 0.3) is 0 Å². The number of sulfone groups is 1. The van der Waals surface area contributed by atoms with Crippen molar-refractivity contribution in [2.75, 3.05) is 24.6 Å². The normalized spacial score (nSPS) is 32.2. The molecule has 0 amide bonds. The number of hydrogen-bond acceptors (Lipinski definition) is 4. The molecule has 0 unspecified atom stereocenters. The Morgan fingerprint density at radius 3 is 2.18 bits per heavy atom. The van der Waals surface area contributed by atoms with E-state index in [9.17, 15) is 13.2 Å². The predicted molar refractivity (Wildman–Crippen MR) is 39.0 cm³/mol. The van der Waals surface area contributed by atoms with Crippen LogP contribution in [0.4, 0.5) is 0 Å². The summed E-state index contributed by atoms with van der Waals surface area (Å²) in [4.78, 5) is 11.2. The van der Waals surface area contributed by atoms with E-state index < -0.39 is 15.3 Å². The summed E-state index contributed by atoms with van der Waals surface area (Å²) in [5, 5.41) is 2.93. The third kappa shape index (κ3) is 0.911. The van der Waals surface area contributed by atoms with Crippen molar-refractivity contribution in [3.8, 4) is 0 Å². The number of Topliss-reactive ketones (excluding diaryl/α,β-unsaturated/α-hetero) is 1. The molecule has 2 heterocycles. The first kappa shape index (κ1) is 7.24. The highest BCUT2D eigenvalue weighted by Crippen LogP contribution is 2.32. The standard InChI is InChI=1S/C6H9NO3S/c8-5-1-11(9,10)4-6(5)2-7-3-6/h7H,1-4H2. The minimum atomic E-state index is -3.05. The smallest absolute Gasteiger partial charge is 0.158 e. The Kier molecular flexibility index (Phi) is 1.21. The van der Waals surface area contributed by atoms with Crippen LogP contribution in [0.2, 0.25) is 0 Å². The van der Waals surface area contributed by atoms with Crippen molar-refractivity contribution in [2.45, 2.75) is 0 Å². The average molecular weight is 175 g/mol. The van der Waals surface area contributed by atoms with E-state index in [-0.39, 0.29) is 17.3 Å². The second-order valence-electron chi connectivity index (χ2n) is 3.34. The lowest BCUT2D eigenvalue weighted by atomic mass is 9.81. The van der Waals surface area contributed by atoms with E-state index in [0.29, 0.717) is 13.1 Å². The summed E-state index contributed by atoms with van der Waals surface area (Å²) in [5.74, 6) is -0.281. The molecule has 11 heavy (non-hydrogen) atoms. The molecule has 4 nitrogen and oxygen atoms in total. The van der Waals surface area contributed by atoms with Gasteiger partial charge in [0.15, 0.2) is 15.6 Å². The fourth-order valence-corrected chi connectivity index (χ4v) is 3.65. The Hall–Kier alpha value is -0.420. The average Bonchev–Trinajstić information content (AvgIpc) is 1.99. The zero-order valence-corrected chi connectivity index (χ0v) is 6.78. The van der Waals surface area contributed by atoms with Crippen LogP contribution in [0.15, 0.2) is 0 Å². The molecule has 2 saturated heterocycles. The number of nitrogens with one attached hydrogen (secondary N) is 1. The van der Waals surface area contributed by atoms with Crippen molar-refractivity contribution in [2.24, 2.45) is 5.41 Å². The summed E-state index contributed by atoms with van der Waals surface area (Å²) in [6.07, 6.45) is 0. The monoisotopic (exact) mass is 175 g/mol. The SMILES string of the molecule is O=C1CS(=O)(=O)CC12CNC2. The highest BCUT2D eigenvalue weighted by atomic mass is 32.2. The van der Waals surface area contributed by atoms with Gasteiger partial charge in [0.2, 0.25) is 0 Å². The fraction of sp³-hybridized carbons (Fsp3) is 0.833. The molecule has 2 fully saturated rings. The second-order valence-corrected chi connectivity index (χ2v) is 5.40. The first-order chi connectivity index (χ1) is 5.04. The maximum absolute atomic E-state index is 11.2. The topological polar surface area (TPSA) is 63.2 Å². The molecule has 0 radical (unpaired) electrons. The Morgan fingerprint density at radius 1 is 1.36 bits per heavy atom. The maximum Gasteiger partial charge on any atom is 0.158 e. The predicted octanol–water partition coefficient (Wildman–Crippen LogP) is -1.43. The van der Waals surface area contributed by atoms with E-state index >= 15 is 0 Å². The molecule has 62 valence electrons. The van der Waals surface area contributed by atoms with Gasteiger partial charge in [0.1, 0.15) is 5.75 Å². The third-order valence-electron chi connectivity index (χ3n) is 2.37. The number of hydrogen-bond donors (Lipinski definition) is 1. The highest BCUT2D eigenvalue weighted by molar-refractivity contribution is 7.92. The van der Waals surface area contributed by atoms with Crippen LogP contribution in [0.25, 0.3) is 0 Å². The lowest BCUT2D eigenvalue weighted by molar-refractivity contribution is -0.126. The van der Waals surface area contributed by atoms with E-state index in [4.69, 9.17) is 0 Å². The van der Waals surface area contributed by atoms with Gasteiger partial charge in [0, 0.05) is 13.1 Å². The van der Waals surface area contributed by atoms with Crippen LogP contribution >= 0.6 is 0 Å². The van der Waals surface area contributed by atoms with Crippen LogP contribution in [0.5, 0.6) is 0 Å². The molecule has 2 aliphatic rings. The van der Waals surface area contributed by atoms with E-state index in [0.717, 1.165) is 0 Å². The zero-order chi connectivity index (χ0) is 8.11. The Morgan fingerprint density at radius 2 is 2.00 bits per heavy atom. The highest BCUT2D eigenvalue weighted by Gasteiger charge is 2.53. The largest absolute Gasteiger partial charge is 0.315 e. The molecule has 0 saturated carbocycles. The van der Waals surface area contributed by atoms with Crippen LogP contribution in [0, 0.1) is 5.41 Å². The van der Waals surface area contributed by atoms with Gasteiger partial charge in [-0.15, -0.1) is 0 Å². The quantitative estimate of drug-likeness (QED) is 0.490.